The second-order valence-electron chi connectivity index (χ2n) is 3.75. The Morgan fingerprint density at radius 3 is 2.83 bits per heavy atom. The molecule has 2 N–H and O–H groups in total. The van der Waals surface area contributed by atoms with Crippen molar-refractivity contribution in [3.8, 4) is 0 Å². The first-order valence-electron chi connectivity index (χ1n) is 5.32. The van der Waals surface area contributed by atoms with Crippen LogP contribution in [0.4, 0.5) is 0 Å². The summed E-state index contributed by atoms with van der Waals surface area (Å²) in [7, 11) is 1.33. The van der Waals surface area contributed by atoms with Gasteiger partial charge in [-0.05, 0) is 18.1 Å². The number of carbonyl (C=O) groups excluding carboxylic acids is 2. The van der Waals surface area contributed by atoms with Gasteiger partial charge in [-0.1, -0.05) is 30.0 Å². The maximum Gasteiger partial charge on any atom is 0.338 e. The maximum absolute atomic E-state index is 11.6. The number of amides is 1. The number of aliphatic imine (C=N–C) groups is 1. The van der Waals surface area contributed by atoms with Crippen LogP contribution in [0.5, 0.6) is 0 Å². The minimum Gasteiger partial charge on any atom is -0.465 e. The van der Waals surface area contributed by atoms with Gasteiger partial charge in [0.05, 0.1) is 17.9 Å². The lowest BCUT2D eigenvalue weighted by molar-refractivity contribution is -0.117. The molecule has 1 aliphatic rings. The second-order valence-corrected chi connectivity index (χ2v) is 4.97. The first-order valence-corrected chi connectivity index (χ1v) is 6.20. The number of hydrogen-bond acceptors (Lipinski definition) is 5. The molecular formula is C12H12N2O3S. The molecule has 94 valence electrons. The van der Waals surface area contributed by atoms with Gasteiger partial charge in [0.25, 0.3) is 5.91 Å². The summed E-state index contributed by atoms with van der Waals surface area (Å²) in [5.74, 6) is -0.660. The predicted octanol–water partition coefficient (Wildman–Crippen LogP) is 0.972. The van der Waals surface area contributed by atoms with Crippen LogP contribution in [0.15, 0.2) is 29.3 Å². The fourth-order valence-electron chi connectivity index (χ4n) is 1.74. The standard InChI is InChI=1S/C12H12N2O3S/c1-17-11(16)8-5-3-2-4-7(8)6-9-10(15)14-12(13)18-9/h2-5,9H,6H2,1H3,(H2,13,14,15)/t9-/m1/s1. The fraction of sp³-hybridized carbons (Fsp3) is 0.250. The zero-order valence-electron chi connectivity index (χ0n) is 9.75. The van der Waals surface area contributed by atoms with E-state index in [9.17, 15) is 9.59 Å². The molecule has 0 saturated carbocycles. The Morgan fingerprint density at radius 1 is 1.50 bits per heavy atom. The molecule has 0 unspecified atom stereocenters. The van der Waals surface area contributed by atoms with Gasteiger partial charge < -0.3 is 10.5 Å². The van der Waals surface area contributed by atoms with E-state index in [1.807, 2.05) is 6.07 Å². The topological polar surface area (TPSA) is 81.8 Å². The lowest BCUT2D eigenvalue weighted by Gasteiger charge is -2.10. The molecule has 1 heterocycles. The molecule has 0 aliphatic carbocycles. The van der Waals surface area contributed by atoms with Crippen LogP contribution in [0.3, 0.4) is 0 Å². The third-order valence-corrected chi connectivity index (χ3v) is 3.57. The van der Waals surface area contributed by atoms with Crippen molar-refractivity contribution >= 4 is 28.8 Å². The van der Waals surface area contributed by atoms with E-state index in [2.05, 4.69) is 4.99 Å². The molecular weight excluding hydrogens is 252 g/mol. The Balaban J connectivity index is 2.20. The molecule has 0 bridgehead atoms. The second kappa shape index (κ2) is 5.22. The van der Waals surface area contributed by atoms with Crippen molar-refractivity contribution in [2.75, 3.05) is 7.11 Å². The summed E-state index contributed by atoms with van der Waals surface area (Å²) in [6.45, 7) is 0. The van der Waals surface area contributed by atoms with Crippen LogP contribution in [-0.4, -0.2) is 29.4 Å². The van der Waals surface area contributed by atoms with Crippen molar-refractivity contribution in [3.63, 3.8) is 0 Å². The Morgan fingerprint density at radius 2 is 2.22 bits per heavy atom. The van der Waals surface area contributed by atoms with Crippen molar-refractivity contribution in [2.45, 2.75) is 11.7 Å². The Bertz CT molecular complexity index is 528. The van der Waals surface area contributed by atoms with Crippen LogP contribution in [0.25, 0.3) is 0 Å². The minimum atomic E-state index is -0.407. The monoisotopic (exact) mass is 264 g/mol. The number of thioether (sulfide) groups is 1. The molecule has 1 aromatic carbocycles. The Kier molecular flexibility index (Phi) is 3.66. The smallest absolute Gasteiger partial charge is 0.338 e. The quantitative estimate of drug-likeness (QED) is 0.823. The average Bonchev–Trinajstić information content (AvgIpc) is 2.67. The molecule has 18 heavy (non-hydrogen) atoms. The summed E-state index contributed by atoms with van der Waals surface area (Å²) in [5.41, 5.74) is 6.73. The molecule has 2 rings (SSSR count). The normalized spacial score (nSPS) is 18.6. The summed E-state index contributed by atoms with van der Waals surface area (Å²) in [6, 6.07) is 7.05. The number of nitrogens with two attached hydrogens (primary N) is 1. The van der Waals surface area contributed by atoms with Crippen LogP contribution in [-0.2, 0) is 16.0 Å². The number of carbonyl (C=O) groups is 2. The van der Waals surface area contributed by atoms with Gasteiger partial charge in [-0.3, -0.25) is 4.79 Å². The SMILES string of the molecule is COC(=O)c1ccccc1C[C@H]1SC(N)=NC1=O. The molecule has 1 atom stereocenters. The number of benzene rings is 1. The molecule has 0 radical (unpaired) electrons. The fourth-order valence-corrected chi connectivity index (χ4v) is 2.59. The van der Waals surface area contributed by atoms with E-state index in [4.69, 9.17) is 10.5 Å². The Labute approximate surface area is 108 Å². The zero-order valence-corrected chi connectivity index (χ0v) is 10.6. The van der Waals surface area contributed by atoms with Gasteiger partial charge in [-0.25, -0.2) is 4.79 Å². The molecule has 1 aliphatic heterocycles. The van der Waals surface area contributed by atoms with E-state index in [-0.39, 0.29) is 16.3 Å². The van der Waals surface area contributed by atoms with E-state index < -0.39 is 5.97 Å². The van der Waals surface area contributed by atoms with Gasteiger partial charge in [0.1, 0.15) is 0 Å². The molecule has 0 fully saturated rings. The Hall–Kier alpha value is -1.82. The number of rotatable bonds is 3. The van der Waals surface area contributed by atoms with Gasteiger partial charge in [-0.15, -0.1) is 0 Å². The van der Waals surface area contributed by atoms with Crippen LogP contribution in [0.1, 0.15) is 15.9 Å². The van der Waals surface area contributed by atoms with Gasteiger partial charge in [0.2, 0.25) is 0 Å². The minimum absolute atomic E-state index is 0.253. The molecule has 0 saturated heterocycles. The highest BCUT2D eigenvalue weighted by Gasteiger charge is 2.28. The highest BCUT2D eigenvalue weighted by Crippen LogP contribution is 2.25. The third kappa shape index (κ3) is 2.53. The summed E-state index contributed by atoms with van der Waals surface area (Å²) in [4.78, 5) is 26.8. The molecule has 0 aromatic heterocycles. The van der Waals surface area contributed by atoms with Crippen LogP contribution in [0.2, 0.25) is 0 Å². The number of methoxy groups -OCH3 is 1. The molecule has 1 aromatic rings. The summed E-state index contributed by atoms with van der Waals surface area (Å²) in [5, 5.41) is -0.0728. The van der Waals surface area contributed by atoms with Crippen LogP contribution in [0, 0.1) is 0 Å². The van der Waals surface area contributed by atoms with Crippen LogP contribution < -0.4 is 5.73 Å². The zero-order chi connectivity index (χ0) is 13.1. The largest absolute Gasteiger partial charge is 0.465 e. The molecule has 1 amide bonds. The van der Waals surface area contributed by atoms with E-state index in [0.29, 0.717) is 12.0 Å². The lowest BCUT2D eigenvalue weighted by Crippen LogP contribution is -2.17. The predicted molar refractivity (Wildman–Crippen MR) is 69.5 cm³/mol. The summed E-state index contributed by atoms with van der Waals surface area (Å²) >= 11 is 1.22. The highest BCUT2D eigenvalue weighted by molar-refractivity contribution is 8.15. The first-order chi connectivity index (χ1) is 8.61. The third-order valence-electron chi connectivity index (χ3n) is 2.59. The first kappa shape index (κ1) is 12.6. The number of nitrogens with zero attached hydrogens (tertiary/aromatic N) is 1. The van der Waals surface area contributed by atoms with E-state index in [1.165, 1.54) is 18.9 Å². The van der Waals surface area contributed by atoms with Gasteiger partial charge in [0.15, 0.2) is 5.17 Å². The number of ether oxygens (including phenoxy) is 1. The highest BCUT2D eigenvalue weighted by atomic mass is 32.2. The molecule has 0 spiro atoms. The number of amidine groups is 1. The molecule has 5 nitrogen and oxygen atoms in total. The van der Waals surface area contributed by atoms with Crippen molar-refractivity contribution < 1.29 is 14.3 Å². The number of esters is 1. The number of hydrogen-bond donors (Lipinski definition) is 1. The van der Waals surface area contributed by atoms with Gasteiger partial charge in [0, 0.05) is 0 Å². The van der Waals surface area contributed by atoms with Gasteiger partial charge >= 0.3 is 5.97 Å². The van der Waals surface area contributed by atoms with E-state index in [0.717, 1.165) is 5.56 Å². The summed E-state index contributed by atoms with van der Waals surface area (Å²) < 4.78 is 4.71. The van der Waals surface area contributed by atoms with Gasteiger partial charge in [-0.2, -0.15) is 4.99 Å². The average molecular weight is 264 g/mol. The maximum atomic E-state index is 11.6. The molecule has 6 heteroatoms. The van der Waals surface area contributed by atoms with Crippen molar-refractivity contribution in [3.05, 3.63) is 35.4 Å². The van der Waals surface area contributed by atoms with Crippen molar-refractivity contribution in [2.24, 2.45) is 10.7 Å². The van der Waals surface area contributed by atoms with Crippen molar-refractivity contribution in [1.82, 2.24) is 0 Å². The van der Waals surface area contributed by atoms with E-state index in [1.54, 1.807) is 18.2 Å². The van der Waals surface area contributed by atoms with Crippen LogP contribution >= 0.6 is 11.8 Å². The summed E-state index contributed by atoms with van der Waals surface area (Å²) in [6.07, 6.45) is 0.416. The van der Waals surface area contributed by atoms with E-state index >= 15 is 0 Å². The lowest BCUT2D eigenvalue weighted by atomic mass is 10.0. The van der Waals surface area contributed by atoms with Crippen molar-refractivity contribution in [1.29, 1.82) is 0 Å².